The summed E-state index contributed by atoms with van der Waals surface area (Å²) in [5.41, 5.74) is 0.148. The Bertz CT molecular complexity index is 382. The van der Waals surface area contributed by atoms with Gasteiger partial charge in [-0.15, -0.1) is 0 Å². The fraction of sp³-hybridized carbons (Fsp3) is 0.455. The van der Waals surface area contributed by atoms with Gasteiger partial charge in [0.25, 0.3) is 5.69 Å². The summed E-state index contributed by atoms with van der Waals surface area (Å²) in [5, 5.41) is 13.7. The first-order valence-electron chi connectivity index (χ1n) is 5.25. The lowest BCUT2D eigenvalue weighted by Crippen LogP contribution is -2.15. The molecule has 0 bridgehead atoms. The molecule has 0 saturated heterocycles. The van der Waals surface area contributed by atoms with E-state index in [9.17, 15) is 14.5 Å². The number of nitro groups is 1. The first-order valence-corrected chi connectivity index (χ1v) is 5.25. The Hall–Kier alpha value is -1.65. The molecule has 0 radical (unpaired) electrons. The van der Waals surface area contributed by atoms with Crippen molar-refractivity contribution in [1.82, 2.24) is 0 Å². The quantitative estimate of drug-likeness (QED) is 0.618. The zero-order valence-corrected chi connectivity index (χ0v) is 9.37. The van der Waals surface area contributed by atoms with E-state index >= 15 is 0 Å². The van der Waals surface area contributed by atoms with Gasteiger partial charge in [-0.1, -0.05) is 13.3 Å². The lowest BCUT2D eigenvalue weighted by Gasteiger charge is -2.14. The zero-order chi connectivity index (χ0) is 12.1. The largest absolute Gasteiger partial charge is 0.377 e. The minimum absolute atomic E-state index is 0.133. The smallest absolute Gasteiger partial charge is 0.295 e. The lowest BCUT2D eigenvalue weighted by atomic mass is 10.1. The number of nitrogens with one attached hydrogen (secondary N) is 1. The topological polar surface area (TPSA) is 55.2 Å². The fourth-order valence-electron chi connectivity index (χ4n) is 1.55. The summed E-state index contributed by atoms with van der Waals surface area (Å²) in [7, 11) is 0. The molecule has 5 heteroatoms. The average molecular weight is 226 g/mol. The van der Waals surface area contributed by atoms with Crippen molar-refractivity contribution in [3.63, 3.8) is 0 Å². The first-order chi connectivity index (χ1) is 7.54. The van der Waals surface area contributed by atoms with E-state index in [1.807, 2.05) is 13.8 Å². The number of rotatable bonds is 5. The summed E-state index contributed by atoms with van der Waals surface area (Å²) in [6.45, 7) is 3.98. The Labute approximate surface area is 93.6 Å². The highest BCUT2D eigenvalue weighted by Gasteiger charge is 2.15. The van der Waals surface area contributed by atoms with Crippen LogP contribution < -0.4 is 5.32 Å². The molecule has 0 aromatic heterocycles. The summed E-state index contributed by atoms with van der Waals surface area (Å²) >= 11 is 0. The van der Waals surface area contributed by atoms with Gasteiger partial charge in [0.05, 0.1) is 11.0 Å². The van der Waals surface area contributed by atoms with Gasteiger partial charge < -0.3 is 5.32 Å². The number of hydrogen-bond donors (Lipinski definition) is 1. The maximum atomic E-state index is 12.9. The van der Waals surface area contributed by atoms with Crippen LogP contribution in [0.25, 0.3) is 0 Å². The Balaban J connectivity index is 2.90. The molecule has 0 amide bonds. The predicted molar refractivity (Wildman–Crippen MR) is 61.0 cm³/mol. The van der Waals surface area contributed by atoms with Crippen LogP contribution in [0.1, 0.15) is 26.7 Å². The van der Waals surface area contributed by atoms with E-state index in [4.69, 9.17) is 0 Å². The van der Waals surface area contributed by atoms with Gasteiger partial charge in [-0.25, -0.2) is 4.39 Å². The molecule has 1 N–H and O–H groups in total. The maximum absolute atomic E-state index is 12.9. The van der Waals surface area contributed by atoms with Gasteiger partial charge in [0.15, 0.2) is 0 Å². The molecule has 0 heterocycles. The van der Waals surface area contributed by atoms with E-state index in [1.54, 1.807) is 0 Å². The summed E-state index contributed by atoms with van der Waals surface area (Å²) < 4.78 is 12.9. The molecule has 88 valence electrons. The van der Waals surface area contributed by atoms with E-state index in [-0.39, 0.29) is 11.7 Å². The fourth-order valence-corrected chi connectivity index (χ4v) is 1.55. The van der Waals surface area contributed by atoms with Crippen LogP contribution in [-0.4, -0.2) is 11.0 Å². The number of benzene rings is 1. The van der Waals surface area contributed by atoms with Gasteiger partial charge in [-0.05, 0) is 25.5 Å². The second-order valence-corrected chi connectivity index (χ2v) is 3.75. The molecule has 1 aromatic rings. The van der Waals surface area contributed by atoms with Gasteiger partial charge in [0.2, 0.25) is 0 Å². The molecule has 0 aliphatic heterocycles. The standard InChI is InChI=1S/C11H15FN2O2/c1-3-4-8(2)13-10-6-5-9(12)7-11(10)14(15)16/h5-8,13H,3-4H2,1-2H3. The van der Waals surface area contributed by atoms with Crippen LogP contribution in [0.3, 0.4) is 0 Å². The number of hydrogen-bond acceptors (Lipinski definition) is 3. The van der Waals surface area contributed by atoms with Crippen LogP contribution in [-0.2, 0) is 0 Å². The molecule has 1 aromatic carbocycles. The number of anilines is 1. The maximum Gasteiger partial charge on any atom is 0.295 e. The normalized spacial score (nSPS) is 12.2. The van der Waals surface area contributed by atoms with Crippen LogP contribution in [0.2, 0.25) is 0 Å². The molecule has 1 rings (SSSR count). The third-order valence-corrected chi connectivity index (χ3v) is 2.28. The SMILES string of the molecule is CCCC(C)Nc1ccc(F)cc1[N+](=O)[O-]. The minimum atomic E-state index is -0.597. The van der Waals surface area contributed by atoms with Crippen LogP contribution in [0, 0.1) is 15.9 Å². The molecular weight excluding hydrogens is 211 g/mol. The zero-order valence-electron chi connectivity index (χ0n) is 9.37. The number of nitro benzene ring substituents is 1. The number of halogens is 1. The van der Waals surface area contributed by atoms with Crippen LogP contribution in [0.4, 0.5) is 15.8 Å². The predicted octanol–water partition coefficient (Wildman–Crippen LogP) is 3.33. The highest BCUT2D eigenvalue weighted by molar-refractivity contribution is 5.61. The van der Waals surface area contributed by atoms with E-state index in [2.05, 4.69) is 5.32 Å². The summed E-state index contributed by atoms with van der Waals surface area (Å²) in [6, 6.07) is 3.68. The highest BCUT2D eigenvalue weighted by Crippen LogP contribution is 2.26. The monoisotopic (exact) mass is 226 g/mol. The van der Waals surface area contributed by atoms with Crippen molar-refractivity contribution in [2.75, 3.05) is 5.32 Å². The van der Waals surface area contributed by atoms with Gasteiger partial charge in [0, 0.05) is 6.04 Å². The van der Waals surface area contributed by atoms with E-state index in [1.165, 1.54) is 12.1 Å². The van der Waals surface area contributed by atoms with Crippen molar-refractivity contribution in [2.24, 2.45) is 0 Å². The summed E-state index contributed by atoms with van der Waals surface area (Å²) in [5.74, 6) is -0.597. The van der Waals surface area contributed by atoms with Crippen LogP contribution >= 0.6 is 0 Å². The van der Waals surface area contributed by atoms with Gasteiger partial charge in [-0.3, -0.25) is 10.1 Å². The van der Waals surface area contributed by atoms with E-state index in [0.29, 0.717) is 5.69 Å². The average Bonchev–Trinajstić information content (AvgIpc) is 2.20. The molecule has 0 aliphatic carbocycles. The lowest BCUT2D eigenvalue weighted by molar-refractivity contribution is -0.384. The molecule has 4 nitrogen and oxygen atoms in total. The molecule has 0 aliphatic rings. The second kappa shape index (κ2) is 5.44. The molecule has 16 heavy (non-hydrogen) atoms. The van der Waals surface area contributed by atoms with Crippen LogP contribution in [0.5, 0.6) is 0 Å². The van der Waals surface area contributed by atoms with Crippen molar-refractivity contribution < 1.29 is 9.31 Å². The van der Waals surface area contributed by atoms with Gasteiger partial charge in [-0.2, -0.15) is 0 Å². The molecular formula is C11H15FN2O2. The molecule has 0 fully saturated rings. The summed E-state index contributed by atoms with van der Waals surface area (Å²) in [4.78, 5) is 10.1. The third kappa shape index (κ3) is 3.18. The first kappa shape index (κ1) is 12.4. The molecule has 0 spiro atoms. The van der Waals surface area contributed by atoms with Crippen molar-refractivity contribution >= 4 is 11.4 Å². The van der Waals surface area contributed by atoms with Crippen LogP contribution in [0.15, 0.2) is 18.2 Å². The van der Waals surface area contributed by atoms with Crippen molar-refractivity contribution in [3.05, 3.63) is 34.1 Å². The van der Waals surface area contributed by atoms with Gasteiger partial charge in [0.1, 0.15) is 11.5 Å². The minimum Gasteiger partial charge on any atom is -0.377 e. The Morgan fingerprint density at radius 1 is 1.56 bits per heavy atom. The Morgan fingerprint density at radius 3 is 2.81 bits per heavy atom. The Kier molecular flexibility index (Phi) is 4.22. The molecule has 1 atom stereocenters. The van der Waals surface area contributed by atoms with Crippen molar-refractivity contribution in [3.8, 4) is 0 Å². The van der Waals surface area contributed by atoms with Gasteiger partial charge >= 0.3 is 0 Å². The second-order valence-electron chi connectivity index (χ2n) is 3.75. The molecule has 0 saturated carbocycles. The third-order valence-electron chi connectivity index (χ3n) is 2.28. The number of nitrogens with zero attached hydrogens (tertiary/aromatic N) is 1. The highest BCUT2D eigenvalue weighted by atomic mass is 19.1. The van der Waals surface area contributed by atoms with Crippen molar-refractivity contribution in [2.45, 2.75) is 32.7 Å². The Morgan fingerprint density at radius 2 is 2.25 bits per heavy atom. The molecule has 1 unspecified atom stereocenters. The summed E-state index contributed by atoms with van der Waals surface area (Å²) in [6.07, 6.45) is 1.90. The van der Waals surface area contributed by atoms with E-state index in [0.717, 1.165) is 18.9 Å². The van der Waals surface area contributed by atoms with Crippen molar-refractivity contribution in [1.29, 1.82) is 0 Å². The van der Waals surface area contributed by atoms with E-state index < -0.39 is 10.7 Å².